The highest BCUT2D eigenvalue weighted by Gasteiger charge is 2.46. The smallest absolute Gasteiger partial charge is 0.256 e. The van der Waals surface area contributed by atoms with Gasteiger partial charge in [-0.15, -0.1) is 0 Å². The van der Waals surface area contributed by atoms with Crippen LogP contribution in [0.5, 0.6) is 0 Å². The largest absolute Gasteiger partial charge is 0.379 e. The van der Waals surface area contributed by atoms with Gasteiger partial charge in [0.2, 0.25) is 5.91 Å². The van der Waals surface area contributed by atoms with Crippen LogP contribution in [-0.2, 0) is 19.1 Å². The van der Waals surface area contributed by atoms with Crippen LogP contribution in [0.3, 0.4) is 0 Å². The number of amides is 2. The lowest BCUT2D eigenvalue weighted by atomic mass is 9.94. The zero-order chi connectivity index (χ0) is 16.3. The van der Waals surface area contributed by atoms with Gasteiger partial charge in [-0.1, -0.05) is 0 Å². The maximum atomic E-state index is 12.7. The number of rotatable bonds is 2. The van der Waals surface area contributed by atoms with Crippen LogP contribution in [0.25, 0.3) is 0 Å². The van der Waals surface area contributed by atoms with Gasteiger partial charge in [0.05, 0.1) is 32.9 Å². The molecular weight excluding hydrogens is 298 g/mol. The Labute approximate surface area is 137 Å². The number of carbonyl (C=O) groups is 2. The van der Waals surface area contributed by atoms with Crippen molar-refractivity contribution >= 4 is 11.8 Å². The Morgan fingerprint density at radius 3 is 2.70 bits per heavy atom. The van der Waals surface area contributed by atoms with E-state index in [4.69, 9.17) is 9.47 Å². The Morgan fingerprint density at radius 1 is 1.13 bits per heavy atom. The molecule has 3 heterocycles. The Bertz CT molecular complexity index is 453. The van der Waals surface area contributed by atoms with Crippen LogP contribution in [0.1, 0.15) is 19.3 Å². The summed E-state index contributed by atoms with van der Waals surface area (Å²) in [6, 6.07) is 0. The van der Waals surface area contributed by atoms with Crippen LogP contribution in [-0.4, -0.2) is 98.3 Å². The Morgan fingerprint density at radius 2 is 1.91 bits per heavy atom. The standard InChI is InChI=1S/C16H27N3O4/c1-17-5-3-2-4-16(15(17)21)13-19(8-11-23-16)14(20)12-18-6-9-22-10-7-18/h2-13H2,1H3. The van der Waals surface area contributed by atoms with Crippen LogP contribution in [0, 0.1) is 0 Å². The monoisotopic (exact) mass is 325 g/mol. The lowest BCUT2D eigenvalue weighted by Crippen LogP contribution is -2.61. The minimum atomic E-state index is -0.829. The average Bonchev–Trinajstić information content (AvgIpc) is 2.70. The molecule has 3 saturated heterocycles. The van der Waals surface area contributed by atoms with Crippen molar-refractivity contribution in [3.05, 3.63) is 0 Å². The van der Waals surface area contributed by atoms with Gasteiger partial charge in [0.1, 0.15) is 0 Å². The maximum absolute atomic E-state index is 12.7. The van der Waals surface area contributed by atoms with E-state index >= 15 is 0 Å². The number of likely N-dealkylation sites (tertiary alicyclic amines) is 1. The molecule has 3 aliphatic heterocycles. The summed E-state index contributed by atoms with van der Waals surface area (Å²) in [5.74, 6) is 0.119. The molecule has 7 heteroatoms. The fourth-order valence-corrected chi connectivity index (χ4v) is 3.64. The summed E-state index contributed by atoms with van der Waals surface area (Å²) >= 11 is 0. The zero-order valence-corrected chi connectivity index (χ0v) is 14.0. The van der Waals surface area contributed by atoms with Gasteiger partial charge >= 0.3 is 0 Å². The predicted molar refractivity (Wildman–Crippen MR) is 84.0 cm³/mol. The van der Waals surface area contributed by atoms with E-state index in [1.165, 1.54) is 0 Å². The molecule has 0 saturated carbocycles. The molecule has 0 N–H and O–H groups in total. The normalized spacial score (nSPS) is 30.6. The molecule has 3 rings (SSSR count). The number of ether oxygens (including phenoxy) is 2. The number of hydrogen-bond acceptors (Lipinski definition) is 5. The molecule has 0 aliphatic carbocycles. The van der Waals surface area contributed by atoms with E-state index in [9.17, 15) is 9.59 Å². The number of hydrogen-bond donors (Lipinski definition) is 0. The van der Waals surface area contributed by atoms with Crippen LogP contribution in [0.2, 0.25) is 0 Å². The molecule has 3 aliphatic rings. The fourth-order valence-electron chi connectivity index (χ4n) is 3.64. The average molecular weight is 325 g/mol. The molecule has 0 radical (unpaired) electrons. The molecule has 0 bridgehead atoms. The number of nitrogens with zero attached hydrogens (tertiary/aromatic N) is 3. The number of morpholine rings is 2. The molecule has 1 unspecified atom stereocenters. The Kier molecular flexibility index (Phi) is 5.18. The molecule has 3 fully saturated rings. The quantitative estimate of drug-likeness (QED) is 0.689. The highest BCUT2D eigenvalue weighted by atomic mass is 16.5. The second-order valence-corrected chi connectivity index (χ2v) is 6.73. The molecule has 0 aromatic carbocycles. The van der Waals surface area contributed by atoms with Gasteiger partial charge < -0.3 is 19.3 Å². The molecular formula is C16H27N3O4. The molecule has 7 nitrogen and oxygen atoms in total. The van der Waals surface area contributed by atoms with Crippen molar-refractivity contribution in [2.24, 2.45) is 0 Å². The first kappa shape index (κ1) is 16.7. The highest BCUT2D eigenvalue weighted by molar-refractivity contribution is 5.87. The van der Waals surface area contributed by atoms with E-state index in [0.717, 1.165) is 32.5 Å². The first-order valence-electron chi connectivity index (χ1n) is 8.58. The van der Waals surface area contributed by atoms with E-state index in [-0.39, 0.29) is 11.8 Å². The van der Waals surface area contributed by atoms with E-state index in [2.05, 4.69) is 4.90 Å². The first-order chi connectivity index (χ1) is 11.1. The van der Waals surface area contributed by atoms with Crippen LogP contribution in [0.4, 0.5) is 0 Å². The topological polar surface area (TPSA) is 62.3 Å². The van der Waals surface area contributed by atoms with E-state index in [0.29, 0.717) is 45.9 Å². The molecule has 2 amide bonds. The van der Waals surface area contributed by atoms with Crippen molar-refractivity contribution in [3.63, 3.8) is 0 Å². The molecule has 0 aromatic rings. The van der Waals surface area contributed by atoms with Gasteiger partial charge in [-0.3, -0.25) is 14.5 Å². The summed E-state index contributed by atoms with van der Waals surface area (Å²) in [5.41, 5.74) is -0.829. The molecule has 1 spiro atoms. The third kappa shape index (κ3) is 3.67. The van der Waals surface area contributed by atoms with E-state index < -0.39 is 5.60 Å². The van der Waals surface area contributed by atoms with Gasteiger partial charge in [0.15, 0.2) is 5.60 Å². The Balaban J connectivity index is 1.64. The molecule has 0 aromatic heterocycles. The summed E-state index contributed by atoms with van der Waals surface area (Å²) in [7, 11) is 1.83. The lowest BCUT2D eigenvalue weighted by molar-refractivity contribution is -0.173. The van der Waals surface area contributed by atoms with Crippen molar-refractivity contribution in [3.8, 4) is 0 Å². The van der Waals surface area contributed by atoms with Gasteiger partial charge in [-0.05, 0) is 19.3 Å². The van der Waals surface area contributed by atoms with Gasteiger partial charge in [-0.2, -0.15) is 0 Å². The van der Waals surface area contributed by atoms with Gasteiger partial charge in [0, 0.05) is 33.2 Å². The van der Waals surface area contributed by atoms with Crippen molar-refractivity contribution in [2.45, 2.75) is 24.9 Å². The molecule has 23 heavy (non-hydrogen) atoms. The zero-order valence-electron chi connectivity index (χ0n) is 14.0. The SMILES string of the molecule is CN1CCCCC2(CN(C(=O)CN3CCOCC3)CCO2)C1=O. The minimum Gasteiger partial charge on any atom is -0.379 e. The summed E-state index contributed by atoms with van der Waals surface area (Å²) in [6.07, 6.45) is 2.66. The Hall–Kier alpha value is -1.18. The third-order valence-electron chi connectivity index (χ3n) is 5.06. The second kappa shape index (κ2) is 7.15. The van der Waals surface area contributed by atoms with Gasteiger partial charge in [0.25, 0.3) is 5.91 Å². The van der Waals surface area contributed by atoms with Crippen molar-refractivity contribution < 1.29 is 19.1 Å². The van der Waals surface area contributed by atoms with Crippen LogP contribution < -0.4 is 0 Å². The number of likely N-dealkylation sites (N-methyl/N-ethyl adjacent to an activating group) is 1. The summed E-state index contributed by atoms with van der Waals surface area (Å²) in [6.45, 7) is 5.53. The van der Waals surface area contributed by atoms with Gasteiger partial charge in [-0.25, -0.2) is 0 Å². The van der Waals surface area contributed by atoms with E-state index in [1.807, 2.05) is 11.9 Å². The predicted octanol–water partition coefficient (Wildman–Crippen LogP) is -0.441. The first-order valence-corrected chi connectivity index (χ1v) is 8.58. The molecule has 1 atom stereocenters. The summed E-state index contributed by atoms with van der Waals surface area (Å²) in [5, 5.41) is 0. The number of carbonyl (C=O) groups excluding carboxylic acids is 2. The van der Waals surface area contributed by atoms with Crippen LogP contribution >= 0.6 is 0 Å². The highest BCUT2D eigenvalue weighted by Crippen LogP contribution is 2.29. The second-order valence-electron chi connectivity index (χ2n) is 6.73. The van der Waals surface area contributed by atoms with Crippen LogP contribution in [0.15, 0.2) is 0 Å². The lowest BCUT2D eigenvalue weighted by Gasteiger charge is -2.42. The third-order valence-corrected chi connectivity index (χ3v) is 5.06. The maximum Gasteiger partial charge on any atom is 0.256 e. The van der Waals surface area contributed by atoms with E-state index in [1.54, 1.807) is 4.90 Å². The summed E-state index contributed by atoms with van der Waals surface area (Å²) in [4.78, 5) is 31.0. The van der Waals surface area contributed by atoms with Crippen molar-refractivity contribution in [1.29, 1.82) is 0 Å². The summed E-state index contributed by atoms with van der Waals surface area (Å²) < 4.78 is 11.2. The van der Waals surface area contributed by atoms with Crippen molar-refractivity contribution in [2.75, 3.05) is 66.1 Å². The fraction of sp³-hybridized carbons (Fsp3) is 0.875. The van der Waals surface area contributed by atoms with Crippen molar-refractivity contribution in [1.82, 2.24) is 14.7 Å². The minimum absolute atomic E-state index is 0.0267. The molecule has 130 valence electrons.